The Hall–Kier alpha value is -6.22. The second-order valence-electron chi connectivity index (χ2n) is 17.1. The first kappa shape index (κ1) is 55.0. The van der Waals surface area contributed by atoms with Crippen LogP contribution in [0, 0.1) is 0 Å². The van der Waals surface area contributed by atoms with Crippen LogP contribution in [0.1, 0.15) is 81.2 Å². The van der Waals surface area contributed by atoms with E-state index in [0.717, 1.165) is 22.3 Å². The largest absolute Gasteiger partial charge is 1.00 e. The van der Waals surface area contributed by atoms with E-state index in [1.54, 1.807) is 71.3 Å². The minimum Gasteiger partial charge on any atom is -1.00 e. The standard InChI is InChI=1S/C57H34Br4N2O10.2BrH/c58-38-21-32(22-39(59)52(38)62-42-17-19-44(64)50-48(42)54(68)34-5-1-3-7-36(34)56(50)70)30-13-9-28(10-14-30)26-72-46(66)25-47(67)73-27-29-11-15-31(16-12-29)33-23-40(60)53(41(61)24-33)63-43-18-20-45(65)51-49(43)55(69)35-6-2-4-8-37(35)57(51)71;;/h1-24,62-65H,25-27H2;2*1H. The third-order valence-electron chi connectivity index (χ3n) is 12.6. The summed E-state index contributed by atoms with van der Waals surface area (Å²) in [4.78, 5) is 79.3. The summed E-state index contributed by atoms with van der Waals surface area (Å²) in [6, 6.07) is 41.7. The Morgan fingerprint density at radius 1 is 0.413 bits per heavy atom. The van der Waals surface area contributed by atoms with Crippen molar-refractivity contribution in [3.05, 3.63) is 219 Å². The molecule has 0 heterocycles. The molecule has 0 atom stereocenters. The molecule has 0 amide bonds. The highest BCUT2D eigenvalue weighted by Crippen LogP contribution is 2.41. The predicted octanol–water partition coefficient (Wildman–Crippen LogP) is 5.27. The van der Waals surface area contributed by atoms with Crippen molar-refractivity contribution in [3.63, 3.8) is 0 Å². The lowest BCUT2D eigenvalue weighted by Crippen LogP contribution is -3.00. The van der Waals surface area contributed by atoms with E-state index in [-0.39, 0.29) is 115 Å². The Bertz CT molecular complexity index is 3410. The molecule has 12 nitrogen and oxygen atoms in total. The Labute approximate surface area is 482 Å². The monoisotopic (exact) mass is 1380 g/mol. The third kappa shape index (κ3) is 10.9. The fourth-order valence-electron chi connectivity index (χ4n) is 8.93. The zero-order chi connectivity index (χ0) is 51.2. The molecule has 0 aliphatic heterocycles. The Kier molecular flexibility index (Phi) is 16.8. The summed E-state index contributed by atoms with van der Waals surface area (Å²) >= 11 is 14.7. The van der Waals surface area contributed by atoms with Gasteiger partial charge in [-0.15, -0.1) is 0 Å². The number of quaternary nitrogens is 2. The Morgan fingerprint density at radius 2 is 0.720 bits per heavy atom. The minimum atomic E-state index is -0.734. The summed E-state index contributed by atoms with van der Waals surface area (Å²) in [5, 5.41) is 24.9. The van der Waals surface area contributed by atoms with Crippen molar-refractivity contribution in [2.24, 2.45) is 0 Å². The SMILES string of the molecule is O=C(CC(=O)OCc1ccc(-c2cc(Br)c([NH2+]c3ccc(O)c4c3C(=O)c3ccccc3C4=O)c(Br)c2)cc1)OCc1ccc(-c2cc(Br)c([NH2+]c3ccc(O)c4c3C(=O)c3ccccc3C4=O)c(Br)c2)cc1.[Br-].[Br-]. The Balaban J connectivity index is 0.00000374. The number of halogens is 6. The molecule has 18 heteroatoms. The van der Waals surface area contributed by atoms with E-state index in [4.69, 9.17) is 9.47 Å². The van der Waals surface area contributed by atoms with Crippen LogP contribution in [0.4, 0.5) is 22.7 Å². The van der Waals surface area contributed by atoms with Crippen molar-refractivity contribution in [2.75, 3.05) is 0 Å². The highest BCUT2D eigenvalue weighted by atomic mass is 79.9. The fraction of sp³-hybridized carbons (Fsp3) is 0.0526. The molecule has 0 spiro atoms. The molecule has 0 saturated heterocycles. The lowest BCUT2D eigenvalue weighted by Gasteiger charge is -2.20. The van der Waals surface area contributed by atoms with Gasteiger partial charge in [-0.3, -0.25) is 39.4 Å². The molecule has 8 aromatic carbocycles. The molecule has 0 radical (unpaired) electrons. The van der Waals surface area contributed by atoms with Crippen LogP contribution < -0.4 is 44.6 Å². The summed E-state index contributed by atoms with van der Waals surface area (Å²) in [5.41, 5.74) is 8.56. The molecule has 0 unspecified atom stereocenters. The third-order valence-corrected chi connectivity index (χ3v) is 15.2. The van der Waals surface area contributed by atoms with E-state index in [1.807, 2.05) is 72.8 Å². The first-order valence-electron chi connectivity index (χ1n) is 22.4. The lowest BCUT2D eigenvalue weighted by atomic mass is 9.82. The van der Waals surface area contributed by atoms with Crippen molar-refractivity contribution in [1.29, 1.82) is 0 Å². The number of fused-ring (bicyclic) bond motifs is 4. The topological polar surface area (TPSA) is 195 Å². The van der Waals surface area contributed by atoms with Gasteiger partial charge in [0.1, 0.15) is 42.5 Å². The van der Waals surface area contributed by atoms with Gasteiger partial charge in [-0.05, 0) is 133 Å². The lowest BCUT2D eigenvalue weighted by molar-refractivity contribution is -0.480. The summed E-state index contributed by atoms with van der Waals surface area (Å²) in [6.07, 6.45) is -0.567. The number of phenolic OH excluding ortho intramolecular Hbond substituents is 2. The van der Waals surface area contributed by atoms with Crippen molar-refractivity contribution in [2.45, 2.75) is 19.6 Å². The summed E-state index contributed by atoms with van der Waals surface area (Å²) < 4.78 is 13.6. The van der Waals surface area contributed by atoms with Gasteiger partial charge >= 0.3 is 11.9 Å². The number of carbonyl (C=O) groups excluding carboxylic acids is 6. The van der Waals surface area contributed by atoms with E-state index in [0.29, 0.717) is 51.8 Å². The van der Waals surface area contributed by atoms with Crippen LogP contribution in [0.5, 0.6) is 11.5 Å². The van der Waals surface area contributed by atoms with Gasteiger partial charge in [0.15, 0.2) is 22.9 Å². The molecule has 75 heavy (non-hydrogen) atoms. The molecule has 0 bridgehead atoms. The number of phenols is 2. The normalized spacial score (nSPS) is 12.1. The highest BCUT2D eigenvalue weighted by molar-refractivity contribution is 9.11. The van der Waals surface area contributed by atoms with Crippen LogP contribution in [0.2, 0.25) is 0 Å². The number of nitrogens with two attached hydrogens (primary N) is 2. The molecule has 6 N–H and O–H groups in total. The second-order valence-corrected chi connectivity index (χ2v) is 20.6. The van der Waals surface area contributed by atoms with E-state index < -0.39 is 29.9 Å². The smallest absolute Gasteiger partial charge is 0.317 e. The van der Waals surface area contributed by atoms with Crippen molar-refractivity contribution in [1.82, 2.24) is 0 Å². The molecule has 10 rings (SSSR count). The van der Waals surface area contributed by atoms with E-state index in [1.165, 1.54) is 12.1 Å². The van der Waals surface area contributed by atoms with Gasteiger partial charge in [-0.25, -0.2) is 0 Å². The number of carbonyl (C=O) groups is 6. The summed E-state index contributed by atoms with van der Waals surface area (Å²) in [6.45, 7) is -0.116. The molecule has 2 aliphatic carbocycles. The van der Waals surface area contributed by atoms with Gasteiger partial charge in [0.2, 0.25) is 11.6 Å². The molecule has 0 aromatic heterocycles. The number of hydrogen-bond acceptors (Lipinski definition) is 10. The van der Waals surface area contributed by atoms with Crippen molar-refractivity contribution >= 4 is 122 Å². The number of esters is 2. The number of ether oxygens (including phenoxy) is 2. The average molecular weight is 1390 g/mol. The molecular formula is C57H36Br6N2O10. The number of aromatic hydroxyl groups is 2. The molecule has 8 aromatic rings. The predicted molar refractivity (Wildman–Crippen MR) is 284 cm³/mol. The van der Waals surface area contributed by atoms with Crippen LogP contribution in [-0.4, -0.2) is 45.3 Å². The highest BCUT2D eigenvalue weighted by Gasteiger charge is 2.37. The van der Waals surface area contributed by atoms with Crippen LogP contribution in [-0.2, 0) is 32.3 Å². The van der Waals surface area contributed by atoms with Gasteiger partial charge in [0, 0.05) is 34.4 Å². The van der Waals surface area contributed by atoms with Gasteiger partial charge in [0.25, 0.3) is 0 Å². The Morgan fingerprint density at radius 3 is 1.04 bits per heavy atom. The van der Waals surface area contributed by atoms with Gasteiger partial charge in [-0.1, -0.05) is 97.1 Å². The first-order valence-corrected chi connectivity index (χ1v) is 25.6. The van der Waals surface area contributed by atoms with Crippen molar-refractivity contribution in [3.8, 4) is 33.8 Å². The maximum atomic E-state index is 13.6. The van der Waals surface area contributed by atoms with Gasteiger partial charge < -0.3 is 53.6 Å². The van der Waals surface area contributed by atoms with Crippen molar-refractivity contribution < 1.29 is 93.1 Å². The molecule has 0 fully saturated rings. The van der Waals surface area contributed by atoms with Gasteiger partial charge in [-0.2, -0.15) is 0 Å². The quantitative estimate of drug-likeness (QED) is 0.0542. The zero-order valence-corrected chi connectivity index (χ0v) is 48.1. The van der Waals surface area contributed by atoms with Crippen LogP contribution in [0.3, 0.4) is 0 Å². The van der Waals surface area contributed by atoms with Crippen LogP contribution >= 0.6 is 63.7 Å². The summed E-state index contributed by atoms with van der Waals surface area (Å²) in [7, 11) is 0. The van der Waals surface area contributed by atoms with E-state index in [9.17, 15) is 39.0 Å². The minimum absolute atomic E-state index is 0. The first-order chi connectivity index (χ1) is 35.1. The van der Waals surface area contributed by atoms with E-state index in [2.05, 4.69) is 63.7 Å². The summed E-state index contributed by atoms with van der Waals surface area (Å²) in [5.74, 6) is -3.49. The maximum absolute atomic E-state index is 13.6. The van der Waals surface area contributed by atoms with E-state index >= 15 is 0 Å². The molecule has 0 saturated carbocycles. The zero-order valence-electron chi connectivity index (χ0n) is 38.6. The number of benzene rings is 8. The fourth-order valence-corrected chi connectivity index (χ4v) is 11.8. The number of hydrogen-bond donors (Lipinski definition) is 4. The van der Waals surface area contributed by atoms with Crippen LogP contribution in [0.25, 0.3) is 22.3 Å². The number of rotatable bonds is 12. The average Bonchev–Trinajstić information content (AvgIpc) is 3.39. The molecule has 2 aliphatic rings. The number of ketones is 4. The molecule has 376 valence electrons. The maximum Gasteiger partial charge on any atom is 0.317 e. The van der Waals surface area contributed by atoms with Gasteiger partial charge in [0.05, 0.1) is 40.1 Å². The molecular weight excluding hydrogens is 1350 g/mol. The second kappa shape index (κ2) is 22.9. The van der Waals surface area contributed by atoms with Crippen LogP contribution in [0.15, 0.2) is 163 Å².